The molecule has 2 aromatic carbocycles. The highest BCUT2D eigenvalue weighted by atomic mass is 79.9. The molecule has 1 heterocycles. The minimum absolute atomic E-state index is 0.0725. The monoisotopic (exact) mass is 422 g/mol. The Morgan fingerprint density at radius 3 is 2.60 bits per heavy atom. The van der Waals surface area contributed by atoms with E-state index >= 15 is 0 Å². The van der Waals surface area contributed by atoms with Crippen molar-refractivity contribution in [3.8, 4) is 0 Å². The van der Waals surface area contributed by atoms with E-state index in [1.54, 1.807) is 11.0 Å². The third-order valence-electron chi connectivity index (χ3n) is 4.43. The lowest BCUT2D eigenvalue weighted by molar-refractivity contribution is 0.0984. The highest BCUT2D eigenvalue weighted by Crippen LogP contribution is 2.33. The number of aryl methyl sites for hydroxylation is 2. The van der Waals surface area contributed by atoms with E-state index in [1.165, 1.54) is 23.3 Å². The van der Waals surface area contributed by atoms with Gasteiger partial charge in [0.05, 0.1) is 10.5 Å². The number of benzene rings is 2. The van der Waals surface area contributed by atoms with E-state index in [2.05, 4.69) is 28.9 Å². The maximum Gasteiger partial charge on any atom is 0.259 e. The summed E-state index contributed by atoms with van der Waals surface area (Å²) in [6, 6.07) is 8.38. The van der Waals surface area contributed by atoms with Gasteiger partial charge in [-0.05, 0) is 83.6 Å². The van der Waals surface area contributed by atoms with Crippen LogP contribution in [-0.4, -0.2) is 20.9 Å². The first-order chi connectivity index (χ1) is 11.7. The molecule has 132 valence electrons. The molecule has 0 atom stereocenters. The normalized spacial score (nSPS) is 14.3. The number of hydrogen-bond acceptors (Lipinski definition) is 3. The van der Waals surface area contributed by atoms with Gasteiger partial charge in [-0.1, -0.05) is 6.07 Å². The summed E-state index contributed by atoms with van der Waals surface area (Å²) in [6.45, 7) is 4.65. The molecule has 0 radical (unpaired) electrons. The molecule has 2 aromatic rings. The fourth-order valence-corrected chi connectivity index (χ4v) is 4.23. The first kappa shape index (κ1) is 18.1. The number of hydrogen-bond donors (Lipinski definition) is 1. The summed E-state index contributed by atoms with van der Waals surface area (Å²) in [5.41, 5.74) is 4.63. The number of carbonyl (C=O) groups is 1. The van der Waals surface area contributed by atoms with Crippen LogP contribution in [-0.2, 0) is 16.4 Å². The number of amides is 1. The van der Waals surface area contributed by atoms with Crippen LogP contribution >= 0.6 is 15.9 Å². The van der Waals surface area contributed by atoms with Crippen molar-refractivity contribution in [1.82, 2.24) is 0 Å². The van der Waals surface area contributed by atoms with Crippen LogP contribution in [0.2, 0.25) is 0 Å². The molecule has 1 aliphatic heterocycles. The van der Waals surface area contributed by atoms with E-state index in [0.717, 1.165) is 24.1 Å². The number of rotatable bonds is 2. The van der Waals surface area contributed by atoms with Crippen molar-refractivity contribution in [2.75, 3.05) is 11.4 Å². The SMILES string of the molecule is Cc1cc(C)c2c(c1)N(C(=O)c1cc(S(N)(=O)=O)ccc1Br)CCC2. The Bertz CT molecular complexity index is 971. The number of halogens is 1. The Hall–Kier alpha value is -1.70. The van der Waals surface area contributed by atoms with Crippen LogP contribution < -0.4 is 10.0 Å². The minimum Gasteiger partial charge on any atom is -0.308 e. The van der Waals surface area contributed by atoms with Crippen LogP contribution in [0.15, 0.2) is 39.7 Å². The van der Waals surface area contributed by atoms with Gasteiger partial charge in [0.1, 0.15) is 0 Å². The Morgan fingerprint density at radius 2 is 1.92 bits per heavy atom. The number of nitrogens with two attached hydrogens (primary N) is 1. The molecule has 25 heavy (non-hydrogen) atoms. The standard InChI is InChI=1S/C18H19BrN2O3S/c1-11-8-12(2)14-4-3-7-21(17(14)9-11)18(22)15-10-13(25(20,23)24)5-6-16(15)19/h5-6,8-10H,3-4,7H2,1-2H3,(H2,20,23,24). The lowest BCUT2D eigenvalue weighted by Gasteiger charge is -2.31. The van der Waals surface area contributed by atoms with E-state index in [1.807, 2.05) is 13.0 Å². The molecule has 0 saturated heterocycles. The maximum atomic E-state index is 13.1. The minimum atomic E-state index is -3.87. The second kappa shape index (κ2) is 6.55. The fraction of sp³-hybridized carbons (Fsp3) is 0.278. The molecule has 0 spiro atoms. The van der Waals surface area contributed by atoms with Crippen molar-refractivity contribution >= 4 is 37.5 Å². The van der Waals surface area contributed by atoms with Gasteiger partial charge in [-0.25, -0.2) is 13.6 Å². The zero-order chi connectivity index (χ0) is 18.4. The van der Waals surface area contributed by atoms with E-state index in [0.29, 0.717) is 16.6 Å². The molecule has 1 amide bonds. The molecule has 0 aromatic heterocycles. The molecular weight excluding hydrogens is 404 g/mol. The van der Waals surface area contributed by atoms with Crippen LogP contribution in [0.1, 0.15) is 33.5 Å². The van der Waals surface area contributed by atoms with Gasteiger partial charge >= 0.3 is 0 Å². The summed E-state index contributed by atoms with van der Waals surface area (Å²) in [4.78, 5) is 14.8. The van der Waals surface area contributed by atoms with Crippen LogP contribution in [0, 0.1) is 13.8 Å². The predicted molar refractivity (Wildman–Crippen MR) is 101 cm³/mol. The van der Waals surface area contributed by atoms with Crippen molar-refractivity contribution in [2.45, 2.75) is 31.6 Å². The third kappa shape index (κ3) is 3.49. The Kier molecular flexibility index (Phi) is 4.74. The Labute approximate surface area is 156 Å². The molecule has 1 aliphatic rings. The van der Waals surface area contributed by atoms with E-state index in [9.17, 15) is 13.2 Å². The second-order valence-electron chi connectivity index (χ2n) is 6.33. The molecular formula is C18H19BrN2O3S. The molecule has 0 bridgehead atoms. The van der Waals surface area contributed by atoms with Gasteiger partial charge in [0, 0.05) is 16.7 Å². The van der Waals surface area contributed by atoms with Crippen molar-refractivity contribution in [3.63, 3.8) is 0 Å². The van der Waals surface area contributed by atoms with Crippen LogP contribution in [0.3, 0.4) is 0 Å². The molecule has 0 unspecified atom stereocenters. The first-order valence-corrected chi connectivity index (χ1v) is 10.3. The van der Waals surface area contributed by atoms with E-state index in [4.69, 9.17) is 5.14 Å². The smallest absolute Gasteiger partial charge is 0.259 e. The molecule has 5 nitrogen and oxygen atoms in total. The predicted octanol–water partition coefficient (Wildman–Crippen LogP) is 3.31. The first-order valence-electron chi connectivity index (χ1n) is 7.93. The van der Waals surface area contributed by atoms with Gasteiger partial charge in [-0.15, -0.1) is 0 Å². The van der Waals surface area contributed by atoms with Crippen molar-refractivity contribution in [2.24, 2.45) is 5.14 Å². The lowest BCUT2D eigenvalue weighted by atomic mass is 9.94. The number of sulfonamides is 1. The molecule has 3 rings (SSSR count). The summed E-state index contributed by atoms with van der Waals surface area (Å²) in [5.74, 6) is -0.233. The van der Waals surface area contributed by atoms with Gasteiger partial charge in [-0.2, -0.15) is 0 Å². The molecule has 0 aliphatic carbocycles. The van der Waals surface area contributed by atoms with Crippen molar-refractivity contribution < 1.29 is 13.2 Å². The average molecular weight is 423 g/mol. The van der Waals surface area contributed by atoms with Gasteiger partial charge in [0.15, 0.2) is 0 Å². The van der Waals surface area contributed by atoms with Crippen LogP contribution in [0.25, 0.3) is 0 Å². The fourth-order valence-electron chi connectivity index (χ4n) is 3.28. The lowest BCUT2D eigenvalue weighted by Crippen LogP contribution is -2.36. The molecule has 7 heteroatoms. The number of primary sulfonamides is 1. The number of carbonyl (C=O) groups excluding carboxylic acids is 1. The van der Waals surface area contributed by atoms with E-state index in [-0.39, 0.29) is 10.8 Å². The Morgan fingerprint density at radius 1 is 1.20 bits per heavy atom. The van der Waals surface area contributed by atoms with E-state index < -0.39 is 10.0 Å². The maximum absolute atomic E-state index is 13.1. The third-order valence-corrected chi connectivity index (χ3v) is 6.04. The molecule has 0 saturated carbocycles. The second-order valence-corrected chi connectivity index (χ2v) is 8.74. The highest BCUT2D eigenvalue weighted by Gasteiger charge is 2.27. The Balaban J connectivity index is 2.10. The van der Waals surface area contributed by atoms with Crippen molar-refractivity contribution in [3.05, 3.63) is 57.1 Å². The summed E-state index contributed by atoms with van der Waals surface area (Å²) in [6.07, 6.45) is 1.80. The highest BCUT2D eigenvalue weighted by molar-refractivity contribution is 9.10. The van der Waals surface area contributed by atoms with Crippen molar-refractivity contribution in [1.29, 1.82) is 0 Å². The topological polar surface area (TPSA) is 80.5 Å². The summed E-state index contributed by atoms with van der Waals surface area (Å²) in [7, 11) is -3.87. The average Bonchev–Trinajstić information content (AvgIpc) is 2.53. The number of fused-ring (bicyclic) bond motifs is 1. The zero-order valence-electron chi connectivity index (χ0n) is 14.0. The molecule has 0 fully saturated rings. The molecule has 2 N–H and O–H groups in total. The largest absolute Gasteiger partial charge is 0.308 e. The van der Waals surface area contributed by atoms with Gasteiger partial charge < -0.3 is 4.90 Å². The summed E-state index contributed by atoms with van der Waals surface area (Å²) >= 11 is 3.35. The zero-order valence-corrected chi connectivity index (χ0v) is 16.4. The summed E-state index contributed by atoms with van der Waals surface area (Å²) in [5, 5.41) is 5.20. The number of nitrogens with zero attached hydrogens (tertiary/aromatic N) is 1. The van der Waals surface area contributed by atoms with Gasteiger partial charge in [0.25, 0.3) is 5.91 Å². The van der Waals surface area contributed by atoms with Crippen LogP contribution in [0.4, 0.5) is 5.69 Å². The van der Waals surface area contributed by atoms with Crippen LogP contribution in [0.5, 0.6) is 0 Å². The number of anilines is 1. The van der Waals surface area contributed by atoms with Gasteiger partial charge in [0.2, 0.25) is 10.0 Å². The quantitative estimate of drug-likeness (QED) is 0.805. The van der Waals surface area contributed by atoms with Gasteiger partial charge in [-0.3, -0.25) is 4.79 Å². The summed E-state index contributed by atoms with van der Waals surface area (Å²) < 4.78 is 23.8.